The number of rotatable bonds is 8. The molecule has 0 aliphatic carbocycles. The molecule has 0 saturated carbocycles. The molecule has 0 aliphatic heterocycles. The molecule has 13 heavy (non-hydrogen) atoms. The number of unbranched alkanes of at least 4 members (excludes halogenated alkanes) is 2. The topological polar surface area (TPSA) is 23.5 Å². The second-order valence-corrected chi connectivity index (χ2v) is 3.18. The van der Waals surface area contributed by atoms with Gasteiger partial charge >= 0.3 is 0 Å². The van der Waals surface area contributed by atoms with Crippen LogP contribution in [0.5, 0.6) is 0 Å². The molecule has 0 radical (unpaired) electrons. The van der Waals surface area contributed by atoms with E-state index in [9.17, 15) is 0 Å². The fourth-order valence-corrected chi connectivity index (χ4v) is 1.01. The number of allylic oxidation sites excluding steroid dienone is 2. The minimum atomic E-state index is 0.237. The highest BCUT2D eigenvalue weighted by Gasteiger charge is 1.91. The molecule has 0 atom stereocenters. The molecule has 0 aromatic carbocycles. The van der Waals surface area contributed by atoms with Crippen molar-refractivity contribution in [1.29, 1.82) is 0 Å². The fourth-order valence-electron chi connectivity index (χ4n) is 1.01. The van der Waals surface area contributed by atoms with E-state index < -0.39 is 0 Å². The smallest absolute Gasteiger partial charge is 0.0558 e. The normalized spacial score (nSPS) is 11.3. The van der Waals surface area contributed by atoms with Gasteiger partial charge in [0.15, 0.2) is 0 Å². The van der Waals surface area contributed by atoms with Gasteiger partial charge in [0.1, 0.15) is 0 Å². The number of aliphatic hydroxyl groups excluding tert-OH is 1. The first kappa shape index (κ1) is 12.4. The van der Waals surface area contributed by atoms with Gasteiger partial charge in [0.2, 0.25) is 0 Å². The molecule has 0 aliphatic rings. The van der Waals surface area contributed by atoms with Crippen molar-refractivity contribution in [3.8, 4) is 0 Å². The predicted molar refractivity (Wildman–Crippen MR) is 57.8 cm³/mol. The van der Waals surface area contributed by atoms with E-state index in [0.717, 1.165) is 25.9 Å². The summed E-state index contributed by atoms with van der Waals surface area (Å²) in [6, 6.07) is 0. The number of hydrogen-bond donors (Lipinski definition) is 1. The van der Waals surface area contributed by atoms with Crippen LogP contribution in [0.3, 0.4) is 0 Å². The lowest BCUT2D eigenvalue weighted by Crippen LogP contribution is -2.21. The maximum atomic E-state index is 8.63. The van der Waals surface area contributed by atoms with Crippen molar-refractivity contribution in [2.24, 2.45) is 0 Å². The Morgan fingerprint density at radius 1 is 1.31 bits per heavy atom. The van der Waals surface area contributed by atoms with Crippen LogP contribution < -0.4 is 0 Å². The molecule has 2 heteroatoms. The average molecular weight is 183 g/mol. The molecule has 76 valence electrons. The van der Waals surface area contributed by atoms with Crippen molar-refractivity contribution >= 4 is 0 Å². The minimum absolute atomic E-state index is 0.237. The third kappa shape index (κ3) is 9.31. The molecular formula is C11H21NO. The van der Waals surface area contributed by atoms with Gasteiger partial charge in [-0.15, -0.1) is 6.58 Å². The third-order valence-electron chi connectivity index (χ3n) is 1.84. The molecule has 0 spiro atoms. The van der Waals surface area contributed by atoms with Gasteiger partial charge in [-0.05, 0) is 26.3 Å². The van der Waals surface area contributed by atoms with E-state index in [0.29, 0.717) is 0 Å². The Morgan fingerprint density at radius 3 is 2.69 bits per heavy atom. The average Bonchev–Trinajstić information content (AvgIpc) is 2.11. The fraction of sp³-hybridized carbons (Fsp3) is 0.636. The lowest BCUT2D eigenvalue weighted by atomic mass is 10.2. The van der Waals surface area contributed by atoms with Crippen LogP contribution in [0.15, 0.2) is 24.8 Å². The summed E-state index contributed by atoms with van der Waals surface area (Å²) in [7, 11) is 2.00. The summed E-state index contributed by atoms with van der Waals surface area (Å²) < 4.78 is 0. The van der Waals surface area contributed by atoms with Gasteiger partial charge in [0.25, 0.3) is 0 Å². The SMILES string of the molecule is C=CCCCC=CCN(C)CCO. The molecule has 0 fully saturated rings. The molecule has 0 amide bonds. The van der Waals surface area contributed by atoms with Crippen molar-refractivity contribution < 1.29 is 5.11 Å². The number of nitrogens with zero attached hydrogens (tertiary/aromatic N) is 1. The molecule has 0 saturated heterocycles. The van der Waals surface area contributed by atoms with Crippen LogP contribution >= 0.6 is 0 Å². The van der Waals surface area contributed by atoms with Crippen LogP contribution in [0.4, 0.5) is 0 Å². The third-order valence-corrected chi connectivity index (χ3v) is 1.84. The quantitative estimate of drug-likeness (QED) is 0.458. The lowest BCUT2D eigenvalue weighted by molar-refractivity contribution is 0.232. The molecule has 0 rings (SSSR count). The maximum absolute atomic E-state index is 8.63. The zero-order chi connectivity index (χ0) is 9.94. The maximum Gasteiger partial charge on any atom is 0.0558 e. The summed E-state index contributed by atoms with van der Waals surface area (Å²) in [5, 5.41) is 8.63. The summed E-state index contributed by atoms with van der Waals surface area (Å²) in [4.78, 5) is 2.09. The van der Waals surface area contributed by atoms with Crippen molar-refractivity contribution in [2.75, 3.05) is 26.7 Å². The van der Waals surface area contributed by atoms with E-state index in [1.54, 1.807) is 0 Å². The molecule has 0 aromatic rings. The van der Waals surface area contributed by atoms with Gasteiger partial charge in [0.05, 0.1) is 6.61 Å². The summed E-state index contributed by atoms with van der Waals surface area (Å²) >= 11 is 0. The summed E-state index contributed by atoms with van der Waals surface area (Å²) in [5.41, 5.74) is 0. The highest BCUT2D eigenvalue weighted by atomic mass is 16.3. The van der Waals surface area contributed by atoms with Gasteiger partial charge in [-0.3, -0.25) is 0 Å². The van der Waals surface area contributed by atoms with Crippen molar-refractivity contribution in [1.82, 2.24) is 4.90 Å². The number of hydrogen-bond acceptors (Lipinski definition) is 2. The first-order chi connectivity index (χ1) is 6.31. The first-order valence-corrected chi connectivity index (χ1v) is 4.86. The lowest BCUT2D eigenvalue weighted by Gasteiger charge is -2.11. The Morgan fingerprint density at radius 2 is 2.08 bits per heavy atom. The van der Waals surface area contributed by atoms with Gasteiger partial charge in [-0.1, -0.05) is 18.2 Å². The Kier molecular flexibility index (Phi) is 9.05. The summed E-state index contributed by atoms with van der Waals surface area (Å²) in [6.45, 7) is 5.58. The van der Waals surface area contributed by atoms with Gasteiger partial charge in [-0.2, -0.15) is 0 Å². The van der Waals surface area contributed by atoms with Crippen molar-refractivity contribution in [3.05, 3.63) is 24.8 Å². The minimum Gasteiger partial charge on any atom is -0.395 e. The molecule has 0 aromatic heterocycles. The Balaban J connectivity index is 3.24. The molecule has 0 bridgehead atoms. The molecular weight excluding hydrogens is 162 g/mol. The zero-order valence-corrected chi connectivity index (χ0v) is 8.58. The van der Waals surface area contributed by atoms with E-state index in [4.69, 9.17) is 5.11 Å². The van der Waals surface area contributed by atoms with Crippen LogP contribution in [0, 0.1) is 0 Å². The van der Waals surface area contributed by atoms with Crippen LogP contribution in [0.2, 0.25) is 0 Å². The number of aliphatic hydroxyl groups is 1. The number of likely N-dealkylation sites (N-methyl/N-ethyl adjacent to an activating group) is 1. The second-order valence-electron chi connectivity index (χ2n) is 3.18. The Bertz CT molecular complexity index is 143. The largest absolute Gasteiger partial charge is 0.395 e. The van der Waals surface area contributed by atoms with Crippen molar-refractivity contribution in [2.45, 2.75) is 19.3 Å². The van der Waals surface area contributed by atoms with E-state index in [1.807, 2.05) is 13.1 Å². The standard InChI is InChI=1S/C11H21NO/c1-3-4-5-6-7-8-9-12(2)10-11-13/h3,7-8,13H,1,4-6,9-11H2,2H3. The van der Waals surface area contributed by atoms with Crippen LogP contribution in [-0.4, -0.2) is 36.8 Å². The summed E-state index contributed by atoms with van der Waals surface area (Å²) in [6.07, 6.45) is 9.70. The van der Waals surface area contributed by atoms with Gasteiger partial charge in [-0.25, -0.2) is 0 Å². The highest BCUT2D eigenvalue weighted by Crippen LogP contribution is 1.96. The van der Waals surface area contributed by atoms with Crippen molar-refractivity contribution in [3.63, 3.8) is 0 Å². The van der Waals surface area contributed by atoms with E-state index >= 15 is 0 Å². The zero-order valence-electron chi connectivity index (χ0n) is 8.58. The van der Waals surface area contributed by atoms with Crippen LogP contribution in [0.1, 0.15) is 19.3 Å². The van der Waals surface area contributed by atoms with Gasteiger partial charge in [0, 0.05) is 13.1 Å². The van der Waals surface area contributed by atoms with E-state index in [1.165, 1.54) is 6.42 Å². The summed E-state index contributed by atoms with van der Waals surface area (Å²) in [5.74, 6) is 0. The molecule has 0 unspecified atom stereocenters. The van der Waals surface area contributed by atoms with E-state index in [-0.39, 0.29) is 6.61 Å². The Labute approximate surface area is 81.6 Å². The van der Waals surface area contributed by atoms with Crippen LogP contribution in [-0.2, 0) is 0 Å². The monoisotopic (exact) mass is 183 g/mol. The first-order valence-electron chi connectivity index (χ1n) is 4.86. The van der Waals surface area contributed by atoms with Gasteiger partial charge < -0.3 is 10.0 Å². The molecule has 0 heterocycles. The predicted octanol–water partition coefficient (Wildman–Crippen LogP) is 1.82. The van der Waals surface area contributed by atoms with Crippen LogP contribution in [0.25, 0.3) is 0 Å². The van der Waals surface area contributed by atoms with E-state index in [2.05, 4.69) is 23.6 Å². The molecule has 1 N–H and O–H groups in total. The second kappa shape index (κ2) is 9.49. The Hall–Kier alpha value is -0.600. The molecule has 2 nitrogen and oxygen atoms in total. The highest BCUT2D eigenvalue weighted by molar-refractivity contribution is 4.84.